The number of carbonyl (C=O) groups excluding carboxylic acids is 1. The highest BCUT2D eigenvalue weighted by molar-refractivity contribution is 8.00. The van der Waals surface area contributed by atoms with E-state index >= 15 is 0 Å². The first-order chi connectivity index (χ1) is 4.04. The Labute approximate surface area is 61.2 Å². The Morgan fingerprint density at radius 3 is 2.11 bits per heavy atom. The number of hydrogen-bond acceptors (Lipinski definition) is 2. The summed E-state index contributed by atoms with van der Waals surface area (Å²) in [6, 6.07) is 0. The standard InChI is InChI=1S/C7H14OS/c1-5-6(8)7(2,3)9-4/h5H2,1-4H3. The topological polar surface area (TPSA) is 17.1 Å². The molecule has 0 unspecified atom stereocenters. The molecule has 0 saturated carbocycles. The maximum atomic E-state index is 11.0. The fourth-order valence-electron chi connectivity index (χ4n) is 0.540. The smallest absolute Gasteiger partial charge is 0.148 e. The maximum Gasteiger partial charge on any atom is 0.148 e. The fraction of sp³-hybridized carbons (Fsp3) is 0.857. The molecule has 0 aromatic carbocycles. The van der Waals surface area contributed by atoms with Gasteiger partial charge in [0.15, 0.2) is 0 Å². The first kappa shape index (κ1) is 9.02. The van der Waals surface area contributed by atoms with Crippen molar-refractivity contribution < 1.29 is 4.79 Å². The molecule has 0 bridgehead atoms. The Balaban J connectivity index is 3.97. The van der Waals surface area contributed by atoms with Gasteiger partial charge in [0.1, 0.15) is 5.78 Å². The predicted octanol–water partition coefficient (Wildman–Crippen LogP) is 2.11. The molecule has 0 fully saturated rings. The summed E-state index contributed by atoms with van der Waals surface area (Å²) in [5.41, 5.74) is 0. The zero-order valence-corrected chi connectivity index (χ0v) is 7.34. The van der Waals surface area contributed by atoms with Crippen molar-refractivity contribution in [2.45, 2.75) is 31.9 Å². The minimum atomic E-state index is -0.172. The molecule has 0 rings (SSSR count). The largest absolute Gasteiger partial charge is 0.298 e. The van der Waals surface area contributed by atoms with Crippen molar-refractivity contribution in [3.05, 3.63) is 0 Å². The Hall–Kier alpha value is 0.0200. The van der Waals surface area contributed by atoms with Crippen LogP contribution < -0.4 is 0 Å². The molecule has 0 aromatic heterocycles. The lowest BCUT2D eigenvalue weighted by Gasteiger charge is -2.18. The molecule has 0 radical (unpaired) electrons. The molecule has 9 heavy (non-hydrogen) atoms. The molecule has 0 aliphatic rings. The normalized spacial score (nSPS) is 11.6. The molecular formula is C7H14OS. The Morgan fingerprint density at radius 1 is 1.56 bits per heavy atom. The third kappa shape index (κ3) is 2.39. The third-order valence-electron chi connectivity index (χ3n) is 1.50. The van der Waals surface area contributed by atoms with Crippen LogP contribution in [0, 0.1) is 0 Å². The van der Waals surface area contributed by atoms with E-state index in [9.17, 15) is 4.79 Å². The summed E-state index contributed by atoms with van der Waals surface area (Å²) in [6.45, 7) is 5.83. The summed E-state index contributed by atoms with van der Waals surface area (Å²) in [4.78, 5) is 11.0. The number of thioether (sulfide) groups is 1. The number of Topliss-reactive ketones (excluding diaryl/α,β-unsaturated/α-hetero) is 1. The summed E-state index contributed by atoms with van der Waals surface area (Å²) >= 11 is 1.61. The van der Waals surface area contributed by atoms with Gasteiger partial charge in [-0.25, -0.2) is 0 Å². The van der Waals surface area contributed by atoms with Crippen molar-refractivity contribution in [1.29, 1.82) is 0 Å². The van der Waals surface area contributed by atoms with Gasteiger partial charge >= 0.3 is 0 Å². The second-order valence-corrected chi connectivity index (χ2v) is 3.92. The van der Waals surface area contributed by atoms with E-state index in [1.165, 1.54) is 0 Å². The van der Waals surface area contributed by atoms with Crippen LogP contribution in [0.1, 0.15) is 27.2 Å². The van der Waals surface area contributed by atoms with Crippen LogP contribution in [0.4, 0.5) is 0 Å². The van der Waals surface area contributed by atoms with Crippen LogP contribution in [0.2, 0.25) is 0 Å². The minimum absolute atomic E-state index is 0.172. The summed E-state index contributed by atoms with van der Waals surface area (Å²) in [5.74, 6) is 0.329. The first-order valence-corrected chi connectivity index (χ1v) is 4.35. The summed E-state index contributed by atoms with van der Waals surface area (Å²) in [6.07, 6.45) is 2.61. The highest BCUT2D eigenvalue weighted by Crippen LogP contribution is 2.23. The lowest BCUT2D eigenvalue weighted by molar-refractivity contribution is -0.120. The number of rotatable bonds is 3. The first-order valence-electron chi connectivity index (χ1n) is 3.13. The van der Waals surface area contributed by atoms with E-state index in [1.54, 1.807) is 11.8 Å². The van der Waals surface area contributed by atoms with Crippen molar-refractivity contribution >= 4 is 17.5 Å². The maximum absolute atomic E-state index is 11.0. The summed E-state index contributed by atoms with van der Waals surface area (Å²) in [5, 5.41) is 0. The average Bonchev–Trinajstić information content (AvgIpc) is 1.86. The number of ketones is 1. The quantitative estimate of drug-likeness (QED) is 0.606. The molecule has 0 atom stereocenters. The molecule has 54 valence electrons. The Bertz CT molecular complexity index is 107. The molecule has 0 aromatic rings. The van der Waals surface area contributed by atoms with Crippen molar-refractivity contribution in [2.75, 3.05) is 6.26 Å². The molecule has 0 heterocycles. The molecule has 1 nitrogen and oxygen atoms in total. The summed E-state index contributed by atoms with van der Waals surface area (Å²) in [7, 11) is 0. The molecule has 0 saturated heterocycles. The Kier molecular flexibility index (Phi) is 3.26. The zero-order valence-electron chi connectivity index (χ0n) is 6.52. The van der Waals surface area contributed by atoms with Crippen LogP contribution in [-0.2, 0) is 4.79 Å². The average molecular weight is 146 g/mol. The van der Waals surface area contributed by atoms with E-state index in [2.05, 4.69) is 0 Å². The summed E-state index contributed by atoms with van der Waals surface area (Å²) < 4.78 is -0.172. The van der Waals surface area contributed by atoms with Gasteiger partial charge in [-0.2, -0.15) is 11.8 Å². The predicted molar refractivity (Wildman–Crippen MR) is 42.9 cm³/mol. The SMILES string of the molecule is CCC(=O)C(C)(C)SC. The van der Waals surface area contributed by atoms with Crippen molar-refractivity contribution in [3.63, 3.8) is 0 Å². The van der Waals surface area contributed by atoms with Gasteiger partial charge in [0.05, 0.1) is 4.75 Å². The van der Waals surface area contributed by atoms with E-state index in [4.69, 9.17) is 0 Å². The van der Waals surface area contributed by atoms with Crippen LogP contribution in [-0.4, -0.2) is 16.8 Å². The molecular weight excluding hydrogens is 132 g/mol. The molecule has 2 heteroatoms. The molecule has 0 N–H and O–H groups in total. The van der Waals surface area contributed by atoms with Gasteiger partial charge in [0, 0.05) is 6.42 Å². The second-order valence-electron chi connectivity index (χ2n) is 2.49. The van der Waals surface area contributed by atoms with E-state index in [0.717, 1.165) is 0 Å². The van der Waals surface area contributed by atoms with Crippen LogP contribution in [0.25, 0.3) is 0 Å². The Morgan fingerprint density at radius 2 is 2.00 bits per heavy atom. The fourth-order valence-corrected chi connectivity index (χ4v) is 0.912. The molecule has 0 spiro atoms. The van der Waals surface area contributed by atoms with Crippen LogP contribution in [0.5, 0.6) is 0 Å². The van der Waals surface area contributed by atoms with Crippen LogP contribution in [0.3, 0.4) is 0 Å². The molecule has 0 aliphatic heterocycles. The van der Waals surface area contributed by atoms with Gasteiger partial charge in [-0.15, -0.1) is 0 Å². The van der Waals surface area contributed by atoms with Gasteiger partial charge in [-0.05, 0) is 20.1 Å². The highest BCUT2D eigenvalue weighted by Gasteiger charge is 2.23. The van der Waals surface area contributed by atoms with E-state index in [-0.39, 0.29) is 4.75 Å². The minimum Gasteiger partial charge on any atom is -0.298 e. The molecule has 0 amide bonds. The van der Waals surface area contributed by atoms with E-state index in [1.807, 2.05) is 27.0 Å². The van der Waals surface area contributed by atoms with Gasteiger partial charge in [-0.3, -0.25) is 4.79 Å². The van der Waals surface area contributed by atoms with Crippen molar-refractivity contribution in [3.8, 4) is 0 Å². The van der Waals surface area contributed by atoms with Crippen molar-refractivity contribution in [1.82, 2.24) is 0 Å². The number of hydrogen-bond donors (Lipinski definition) is 0. The van der Waals surface area contributed by atoms with Crippen LogP contribution in [0.15, 0.2) is 0 Å². The van der Waals surface area contributed by atoms with Crippen molar-refractivity contribution in [2.24, 2.45) is 0 Å². The monoisotopic (exact) mass is 146 g/mol. The lowest BCUT2D eigenvalue weighted by atomic mass is 10.1. The second kappa shape index (κ2) is 3.25. The zero-order chi connectivity index (χ0) is 7.49. The van der Waals surface area contributed by atoms with E-state index < -0.39 is 0 Å². The van der Waals surface area contributed by atoms with Gasteiger partial charge in [0.25, 0.3) is 0 Å². The van der Waals surface area contributed by atoms with Gasteiger partial charge in [-0.1, -0.05) is 6.92 Å². The third-order valence-corrected chi connectivity index (χ3v) is 2.75. The van der Waals surface area contributed by atoms with Gasteiger partial charge in [0.2, 0.25) is 0 Å². The highest BCUT2D eigenvalue weighted by atomic mass is 32.2. The molecule has 0 aliphatic carbocycles. The van der Waals surface area contributed by atoms with Gasteiger partial charge < -0.3 is 0 Å². The number of carbonyl (C=O) groups is 1. The van der Waals surface area contributed by atoms with E-state index in [0.29, 0.717) is 12.2 Å². The van der Waals surface area contributed by atoms with Crippen LogP contribution >= 0.6 is 11.8 Å². The lowest BCUT2D eigenvalue weighted by Crippen LogP contribution is -2.26.